The van der Waals surface area contributed by atoms with Gasteiger partial charge in [-0.2, -0.15) is 0 Å². The molecule has 1 heterocycles. The second-order valence-corrected chi connectivity index (χ2v) is 5.84. The van der Waals surface area contributed by atoms with Crippen molar-refractivity contribution in [2.75, 3.05) is 18.5 Å². The van der Waals surface area contributed by atoms with Gasteiger partial charge in [-0.05, 0) is 30.3 Å². The summed E-state index contributed by atoms with van der Waals surface area (Å²) in [5.41, 5.74) is 1.73. The number of rotatable bonds is 6. The lowest BCUT2D eigenvalue weighted by molar-refractivity contribution is 0.0952. The smallest absolute Gasteiger partial charge is 0.258 e. The van der Waals surface area contributed by atoms with E-state index in [0.717, 1.165) is 5.69 Å². The molecule has 0 saturated heterocycles. The molecule has 0 saturated carbocycles. The zero-order valence-electron chi connectivity index (χ0n) is 14.5. The van der Waals surface area contributed by atoms with Crippen molar-refractivity contribution in [2.24, 2.45) is 0 Å². The summed E-state index contributed by atoms with van der Waals surface area (Å²) in [7, 11) is 1.72. The van der Waals surface area contributed by atoms with Crippen molar-refractivity contribution in [3.8, 4) is 0 Å². The summed E-state index contributed by atoms with van der Waals surface area (Å²) in [5.74, 6) is -0.369. The molecule has 0 unspecified atom stereocenters. The number of para-hydroxylation sites is 1. The van der Waals surface area contributed by atoms with E-state index in [1.165, 1.54) is 0 Å². The molecule has 0 aliphatic heterocycles. The Morgan fingerprint density at radius 2 is 1.85 bits per heavy atom. The van der Waals surface area contributed by atoms with E-state index in [4.69, 9.17) is 0 Å². The molecule has 2 amide bonds. The van der Waals surface area contributed by atoms with Crippen LogP contribution < -0.4 is 10.2 Å². The standard InChI is InChI=1S/C20H20N4O2/c1-23(18-8-3-2-4-9-18)20(26)17-7-5-6-16(14-17)19(25)22-11-13-24-12-10-21-15-24/h2-10,12,14-15H,11,13H2,1H3,(H,22,25). The first-order valence-electron chi connectivity index (χ1n) is 8.32. The average Bonchev–Trinajstić information content (AvgIpc) is 3.21. The van der Waals surface area contributed by atoms with Gasteiger partial charge in [0.25, 0.3) is 11.8 Å². The van der Waals surface area contributed by atoms with Gasteiger partial charge in [-0.3, -0.25) is 9.59 Å². The van der Waals surface area contributed by atoms with Crippen molar-refractivity contribution in [1.82, 2.24) is 14.9 Å². The number of carbonyl (C=O) groups is 2. The van der Waals surface area contributed by atoms with Crippen LogP contribution >= 0.6 is 0 Å². The molecule has 0 atom stereocenters. The highest BCUT2D eigenvalue weighted by Crippen LogP contribution is 2.15. The Hall–Kier alpha value is -3.41. The van der Waals surface area contributed by atoms with E-state index in [0.29, 0.717) is 24.2 Å². The second-order valence-electron chi connectivity index (χ2n) is 5.84. The van der Waals surface area contributed by atoms with Crippen molar-refractivity contribution >= 4 is 17.5 Å². The lowest BCUT2D eigenvalue weighted by Crippen LogP contribution is -2.28. The topological polar surface area (TPSA) is 67.2 Å². The lowest BCUT2D eigenvalue weighted by Gasteiger charge is -2.17. The molecule has 3 aromatic rings. The second kappa shape index (κ2) is 8.11. The van der Waals surface area contributed by atoms with Crippen LogP contribution in [0, 0.1) is 0 Å². The molecule has 0 aliphatic carbocycles. The van der Waals surface area contributed by atoms with E-state index in [9.17, 15) is 9.59 Å². The van der Waals surface area contributed by atoms with Crippen molar-refractivity contribution < 1.29 is 9.59 Å². The van der Waals surface area contributed by atoms with Crippen LogP contribution in [0.5, 0.6) is 0 Å². The summed E-state index contributed by atoms with van der Waals surface area (Å²) in [6.45, 7) is 1.12. The number of aromatic nitrogens is 2. The zero-order chi connectivity index (χ0) is 18.4. The molecule has 0 bridgehead atoms. The summed E-state index contributed by atoms with van der Waals surface area (Å²) in [6, 6.07) is 16.1. The molecule has 0 aliphatic rings. The fraction of sp³-hybridized carbons (Fsp3) is 0.150. The molecule has 2 aromatic carbocycles. The molecule has 0 fully saturated rings. The van der Waals surface area contributed by atoms with E-state index in [2.05, 4.69) is 10.3 Å². The summed E-state index contributed by atoms with van der Waals surface area (Å²) in [4.78, 5) is 30.5. The molecule has 3 rings (SSSR count). The molecule has 1 N–H and O–H groups in total. The van der Waals surface area contributed by atoms with E-state index >= 15 is 0 Å². The Labute approximate surface area is 152 Å². The highest BCUT2D eigenvalue weighted by molar-refractivity contribution is 6.07. The van der Waals surface area contributed by atoms with Crippen LogP contribution in [0.1, 0.15) is 20.7 Å². The Bertz CT molecular complexity index is 876. The lowest BCUT2D eigenvalue weighted by atomic mass is 10.1. The van der Waals surface area contributed by atoms with E-state index in [1.807, 2.05) is 41.1 Å². The maximum atomic E-state index is 12.7. The number of benzene rings is 2. The van der Waals surface area contributed by atoms with Gasteiger partial charge in [-0.15, -0.1) is 0 Å². The fourth-order valence-corrected chi connectivity index (χ4v) is 2.58. The molecule has 0 spiro atoms. The van der Waals surface area contributed by atoms with Crippen LogP contribution in [0.4, 0.5) is 5.69 Å². The number of anilines is 1. The Morgan fingerprint density at radius 1 is 1.08 bits per heavy atom. The largest absolute Gasteiger partial charge is 0.350 e. The maximum absolute atomic E-state index is 12.7. The normalized spacial score (nSPS) is 10.3. The number of nitrogens with zero attached hydrogens (tertiary/aromatic N) is 3. The van der Waals surface area contributed by atoms with E-state index < -0.39 is 0 Å². The summed E-state index contributed by atoms with van der Waals surface area (Å²) in [6.07, 6.45) is 5.23. The minimum Gasteiger partial charge on any atom is -0.350 e. The number of carbonyl (C=O) groups excluding carboxylic acids is 2. The molecular formula is C20H20N4O2. The minimum atomic E-state index is -0.206. The predicted molar refractivity (Wildman–Crippen MR) is 100 cm³/mol. The van der Waals surface area contributed by atoms with Crippen LogP contribution in [0.15, 0.2) is 73.3 Å². The van der Waals surface area contributed by atoms with Gasteiger partial charge < -0.3 is 14.8 Å². The first kappa shape index (κ1) is 17.4. The van der Waals surface area contributed by atoms with Gasteiger partial charge >= 0.3 is 0 Å². The Morgan fingerprint density at radius 3 is 2.58 bits per heavy atom. The molecule has 6 nitrogen and oxygen atoms in total. The highest BCUT2D eigenvalue weighted by Gasteiger charge is 2.15. The van der Waals surface area contributed by atoms with Crippen LogP contribution in [-0.4, -0.2) is 35.0 Å². The third kappa shape index (κ3) is 4.16. The van der Waals surface area contributed by atoms with Gasteiger partial charge in [0.15, 0.2) is 0 Å². The number of imidazole rings is 1. The number of nitrogens with one attached hydrogen (secondary N) is 1. The SMILES string of the molecule is CN(C(=O)c1cccc(C(=O)NCCn2ccnc2)c1)c1ccccc1. The Balaban J connectivity index is 1.65. The highest BCUT2D eigenvalue weighted by atomic mass is 16.2. The monoisotopic (exact) mass is 348 g/mol. The molecule has 0 radical (unpaired) electrons. The molecule has 1 aromatic heterocycles. The predicted octanol–water partition coefficient (Wildman–Crippen LogP) is 2.59. The third-order valence-electron chi connectivity index (χ3n) is 4.03. The maximum Gasteiger partial charge on any atom is 0.258 e. The van der Waals surface area contributed by atoms with E-state index in [1.54, 1.807) is 48.7 Å². The van der Waals surface area contributed by atoms with Crippen molar-refractivity contribution in [3.63, 3.8) is 0 Å². The van der Waals surface area contributed by atoms with Gasteiger partial charge in [0, 0.05) is 49.3 Å². The quantitative estimate of drug-likeness (QED) is 0.744. The number of hydrogen-bond donors (Lipinski definition) is 1. The van der Waals surface area contributed by atoms with Crippen molar-refractivity contribution in [2.45, 2.75) is 6.54 Å². The van der Waals surface area contributed by atoms with Crippen LogP contribution in [0.2, 0.25) is 0 Å². The molecule has 6 heteroatoms. The first-order valence-corrected chi connectivity index (χ1v) is 8.32. The zero-order valence-corrected chi connectivity index (χ0v) is 14.5. The third-order valence-corrected chi connectivity index (χ3v) is 4.03. The minimum absolute atomic E-state index is 0.163. The summed E-state index contributed by atoms with van der Waals surface area (Å²) < 4.78 is 1.88. The van der Waals surface area contributed by atoms with Gasteiger partial charge in [0.1, 0.15) is 0 Å². The Kier molecular flexibility index (Phi) is 5.43. The van der Waals surface area contributed by atoms with Crippen LogP contribution in [0.3, 0.4) is 0 Å². The average molecular weight is 348 g/mol. The van der Waals surface area contributed by atoms with Gasteiger partial charge in [-0.1, -0.05) is 24.3 Å². The van der Waals surface area contributed by atoms with Gasteiger partial charge in [0.2, 0.25) is 0 Å². The van der Waals surface area contributed by atoms with Gasteiger partial charge in [0.05, 0.1) is 6.33 Å². The van der Waals surface area contributed by atoms with Gasteiger partial charge in [-0.25, -0.2) is 4.98 Å². The summed E-state index contributed by atoms with van der Waals surface area (Å²) >= 11 is 0. The molecule has 132 valence electrons. The van der Waals surface area contributed by atoms with Crippen molar-refractivity contribution in [1.29, 1.82) is 0 Å². The number of amides is 2. The number of hydrogen-bond acceptors (Lipinski definition) is 3. The fourth-order valence-electron chi connectivity index (χ4n) is 2.58. The van der Waals surface area contributed by atoms with Crippen LogP contribution in [0.25, 0.3) is 0 Å². The molecule has 26 heavy (non-hydrogen) atoms. The van der Waals surface area contributed by atoms with E-state index in [-0.39, 0.29) is 11.8 Å². The first-order chi connectivity index (χ1) is 12.6. The van der Waals surface area contributed by atoms with Crippen molar-refractivity contribution in [3.05, 3.63) is 84.4 Å². The summed E-state index contributed by atoms with van der Waals surface area (Å²) in [5, 5.41) is 2.85. The molecular weight excluding hydrogens is 328 g/mol. The van der Waals surface area contributed by atoms with Crippen LogP contribution in [-0.2, 0) is 6.54 Å².